The zero-order chi connectivity index (χ0) is 19.5. The minimum Gasteiger partial charge on any atom is -0.326 e. The monoisotopic (exact) mass is 369 g/mol. The van der Waals surface area contributed by atoms with Crippen molar-refractivity contribution in [3.8, 4) is 0 Å². The van der Waals surface area contributed by atoms with Crippen molar-refractivity contribution in [3.05, 3.63) is 0 Å². The first-order valence-corrected chi connectivity index (χ1v) is 11.7. The number of likely N-dealkylation sites (N-methyl/N-ethyl adjacent to an activating group) is 1. The Kier molecular flexibility index (Phi) is 17.7. The van der Waals surface area contributed by atoms with E-state index in [1.54, 1.807) is 0 Å². The van der Waals surface area contributed by atoms with Crippen LogP contribution in [0.15, 0.2) is 0 Å². The van der Waals surface area contributed by atoms with Gasteiger partial charge in [-0.25, -0.2) is 4.79 Å². The van der Waals surface area contributed by atoms with Gasteiger partial charge in [0, 0.05) is 6.54 Å². The van der Waals surface area contributed by atoms with Crippen LogP contribution in [-0.4, -0.2) is 37.1 Å². The first-order chi connectivity index (χ1) is 12.6. The van der Waals surface area contributed by atoms with Gasteiger partial charge in [-0.15, -0.1) is 0 Å². The molecule has 0 saturated carbocycles. The van der Waals surface area contributed by atoms with E-state index < -0.39 is 0 Å². The Hall–Kier alpha value is -0.410. The summed E-state index contributed by atoms with van der Waals surface area (Å²) in [4.78, 5) is 12.6. The van der Waals surface area contributed by atoms with Crippen LogP contribution in [-0.2, 0) is 4.79 Å². The van der Waals surface area contributed by atoms with Gasteiger partial charge in [0.2, 0.25) is 0 Å². The summed E-state index contributed by atoms with van der Waals surface area (Å²) in [6, 6.07) is 0. The Bertz CT molecular complexity index is 319. The number of unbranched alkanes of at least 4 members (excludes halogenated alkanes) is 13. The first kappa shape index (κ1) is 25.6. The first-order valence-electron chi connectivity index (χ1n) is 11.7. The number of nitrogens with two attached hydrogens (primary N) is 1. The van der Waals surface area contributed by atoms with Gasteiger partial charge in [-0.2, -0.15) is 0 Å². The fourth-order valence-electron chi connectivity index (χ4n) is 3.72. The molecule has 0 aliphatic rings. The summed E-state index contributed by atoms with van der Waals surface area (Å²) in [6.45, 7) is 6.80. The van der Waals surface area contributed by atoms with Gasteiger partial charge in [-0.05, 0) is 12.8 Å². The van der Waals surface area contributed by atoms with Gasteiger partial charge in [-0.1, -0.05) is 97.3 Å². The number of carbonyl (C=O) groups excluding carboxylic acids is 1. The largest absolute Gasteiger partial charge is 0.326 e. The van der Waals surface area contributed by atoms with E-state index in [2.05, 4.69) is 20.9 Å². The van der Waals surface area contributed by atoms with Gasteiger partial charge in [0.25, 0.3) is 0 Å². The lowest BCUT2D eigenvalue weighted by atomic mass is 10.0. The molecule has 0 heterocycles. The second-order valence-electron chi connectivity index (χ2n) is 8.37. The van der Waals surface area contributed by atoms with Crippen molar-refractivity contribution in [2.75, 3.05) is 26.7 Å². The Morgan fingerprint density at radius 3 is 1.50 bits per heavy atom. The molecule has 0 aromatic rings. The molecule has 0 bridgehead atoms. The van der Waals surface area contributed by atoms with Crippen LogP contribution < -0.4 is 5.73 Å². The average molecular weight is 370 g/mol. The summed E-state index contributed by atoms with van der Waals surface area (Å²) < 4.78 is 0.544. The molecule has 156 valence electrons. The summed E-state index contributed by atoms with van der Waals surface area (Å²) in [5.41, 5.74) is 5.73. The van der Waals surface area contributed by atoms with Crippen LogP contribution in [0.5, 0.6) is 0 Å². The minimum atomic E-state index is 0.395. The number of rotatable bonds is 19. The number of hydrogen-bond donors (Lipinski definition) is 1. The van der Waals surface area contributed by atoms with Gasteiger partial charge < -0.3 is 5.73 Å². The molecular weight excluding hydrogens is 320 g/mol. The van der Waals surface area contributed by atoms with Crippen molar-refractivity contribution >= 4 is 5.91 Å². The number of amides is 1. The molecular formula is C23H49N2O+. The molecule has 0 spiro atoms. The van der Waals surface area contributed by atoms with E-state index in [4.69, 9.17) is 5.73 Å². The predicted molar refractivity (Wildman–Crippen MR) is 115 cm³/mol. The van der Waals surface area contributed by atoms with Crippen LogP contribution in [0.25, 0.3) is 0 Å². The number of carbonyl (C=O) groups is 1. The van der Waals surface area contributed by atoms with Crippen LogP contribution >= 0.6 is 0 Å². The zero-order valence-corrected chi connectivity index (χ0v) is 18.4. The smallest absolute Gasteiger partial charge is 0.313 e. The quantitative estimate of drug-likeness (QED) is 0.217. The third-order valence-electron chi connectivity index (χ3n) is 5.72. The number of hydrogen-bond acceptors (Lipinski definition) is 2. The Labute approximate surface area is 164 Å². The van der Waals surface area contributed by atoms with E-state index in [1.807, 2.05) is 0 Å². The van der Waals surface area contributed by atoms with Crippen LogP contribution in [0.4, 0.5) is 0 Å². The van der Waals surface area contributed by atoms with E-state index in [9.17, 15) is 4.79 Å². The van der Waals surface area contributed by atoms with Gasteiger partial charge >= 0.3 is 5.91 Å². The van der Waals surface area contributed by atoms with Gasteiger partial charge in [0.1, 0.15) is 0 Å². The Balaban J connectivity index is 3.56. The summed E-state index contributed by atoms with van der Waals surface area (Å²) in [5, 5.41) is 0. The van der Waals surface area contributed by atoms with Crippen LogP contribution in [0, 0.1) is 0 Å². The van der Waals surface area contributed by atoms with Crippen molar-refractivity contribution < 1.29 is 9.28 Å². The predicted octanol–water partition coefficient (Wildman–Crippen LogP) is 6.20. The highest BCUT2D eigenvalue weighted by atomic mass is 16.2. The molecule has 0 rings (SSSR count). The van der Waals surface area contributed by atoms with Crippen LogP contribution in [0.3, 0.4) is 0 Å². The lowest BCUT2D eigenvalue weighted by Gasteiger charge is -2.31. The third-order valence-corrected chi connectivity index (χ3v) is 5.72. The SMILES string of the molecule is CCCCCCCCCCCCCCCC(=O)[N+](C)(CCN)CCCC. The lowest BCUT2D eigenvalue weighted by Crippen LogP contribution is -2.52. The molecule has 0 aromatic heterocycles. The van der Waals surface area contributed by atoms with Crippen molar-refractivity contribution in [2.45, 2.75) is 117 Å². The molecule has 1 unspecified atom stereocenters. The summed E-state index contributed by atoms with van der Waals surface area (Å²) in [5.74, 6) is 0.395. The lowest BCUT2D eigenvalue weighted by molar-refractivity contribution is -0.833. The van der Waals surface area contributed by atoms with E-state index >= 15 is 0 Å². The maximum atomic E-state index is 12.6. The van der Waals surface area contributed by atoms with Crippen LogP contribution in [0.2, 0.25) is 0 Å². The fraction of sp³-hybridized carbons (Fsp3) is 0.957. The van der Waals surface area contributed by atoms with Crippen molar-refractivity contribution in [1.29, 1.82) is 0 Å². The molecule has 3 nitrogen and oxygen atoms in total. The second-order valence-corrected chi connectivity index (χ2v) is 8.37. The Morgan fingerprint density at radius 2 is 1.08 bits per heavy atom. The van der Waals surface area contributed by atoms with E-state index in [1.165, 1.54) is 77.0 Å². The maximum Gasteiger partial charge on any atom is 0.313 e. The van der Waals surface area contributed by atoms with Crippen molar-refractivity contribution in [2.24, 2.45) is 5.73 Å². The van der Waals surface area contributed by atoms with E-state index in [0.717, 1.165) is 38.8 Å². The molecule has 2 N–H and O–H groups in total. The fourth-order valence-corrected chi connectivity index (χ4v) is 3.72. The summed E-state index contributed by atoms with van der Waals surface area (Å²) in [7, 11) is 2.08. The number of quaternary nitrogens is 1. The highest BCUT2D eigenvalue weighted by Crippen LogP contribution is 2.15. The molecule has 0 aliphatic carbocycles. The Morgan fingerprint density at radius 1 is 0.654 bits per heavy atom. The number of nitrogens with zero attached hydrogens (tertiary/aromatic N) is 1. The van der Waals surface area contributed by atoms with E-state index in [-0.39, 0.29) is 0 Å². The molecule has 1 atom stereocenters. The topological polar surface area (TPSA) is 43.1 Å². The molecule has 0 aliphatic heterocycles. The highest BCUT2D eigenvalue weighted by Gasteiger charge is 2.29. The normalized spacial score (nSPS) is 13.7. The maximum absolute atomic E-state index is 12.6. The minimum absolute atomic E-state index is 0.395. The molecule has 3 heteroatoms. The van der Waals surface area contributed by atoms with Crippen LogP contribution in [0.1, 0.15) is 117 Å². The second kappa shape index (κ2) is 18.0. The molecule has 0 saturated heterocycles. The molecule has 0 fully saturated rings. The van der Waals surface area contributed by atoms with Crippen molar-refractivity contribution in [1.82, 2.24) is 0 Å². The highest BCUT2D eigenvalue weighted by molar-refractivity contribution is 5.68. The molecule has 1 amide bonds. The van der Waals surface area contributed by atoms with Gasteiger partial charge in [0.05, 0.1) is 26.6 Å². The third kappa shape index (κ3) is 13.7. The summed E-state index contributed by atoms with van der Waals surface area (Å²) >= 11 is 0. The van der Waals surface area contributed by atoms with Crippen molar-refractivity contribution in [3.63, 3.8) is 0 Å². The molecule has 0 aromatic carbocycles. The zero-order valence-electron chi connectivity index (χ0n) is 18.4. The van der Waals surface area contributed by atoms with Gasteiger partial charge in [-0.3, -0.25) is 4.48 Å². The summed E-state index contributed by atoms with van der Waals surface area (Å²) in [6.07, 6.45) is 20.5. The van der Waals surface area contributed by atoms with E-state index in [0.29, 0.717) is 16.9 Å². The molecule has 0 radical (unpaired) electrons. The standard InChI is InChI=1S/C23H49N2O/c1-4-6-8-9-10-11-12-13-14-15-16-17-18-19-23(26)25(3,22-20-24)21-7-5-2/h4-22,24H2,1-3H3/q+1. The molecule has 26 heavy (non-hydrogen) atoms. The average Bonchev–Trinajstić information content (AvgIpc) is 2.63. The van der Waals surface area contributed by atoms with Gasteiger partial charge in [0.15, 0.2) is 0 Å².